The SMILES string of the molecule is COC(=O)[C@H]1CC[C@@H](C)C1. The van der Waals surface area contributed by atoms with Crippen LogP contribution in [0.3, 0.4) is 0 Å². The Morgan fingerprint density at radius 2 is 2.20 bits per heavy atom. The molecular formula is C8H14O2. The van der Waals surface area contributed by atoms with Crippen LogP contribution in [-0.2, 0) is 9.53 Å². The molecule has 0 aromatic rings. The van der Waals surface area contributed by atoms with Crippen molar-refractivity contribution >= 4 is 5.97 Å². The molecule has 0 spiro atoms. The van der Waals surface area contributed by atoms with Crippen LogP contribution in [0.4, 0.5) is 0 Å². The number of carbonyl (C=O) groups is 1. The highest BCUT2D eigenvalue weighted by Crippen LogP contribution is 2.30. The molecule has 0 N–H and O–H groups in total. The highest BCUT2D eigenvalue weighted by molar-refractivity contribution is 5.72. The van der Waals surface area contributed by atoms with Crippen molar-refractivity contribution in [3.05, 3.63) is 0 Å². The van der Waals surface area contributed by atoms with Crippen LogP contribution < -0.4 is 0 Å². The molecule has 0 aromatic heterocycles. The Morgan fingerprint density at radius 3 is 2.60 bits per heavy atom. The Morgan fingerprint density at radius 1 is 1.50 bits per heavy atom. The zero-order chi connectivity index (χ0) is 7.56. The van der Waals surface area contributed by atoms with Crippen molar-refractivity contribution < 1.29 is 9.53 Å². The molecule has 1 aliphatic rings. The average molecular weight is 142 g/mol. The normalized spacial score (nSPS) is 32.2. The first-order chi connectivity index (χ1) is 4.74. The fraction of sp³-hybridized carbons (Fsp3) is 0.875. The molecule has 2 nitrogen and oxygen atoms in total. The number of ether oxygens (including phenoxy) is 1. The molecule has 1 aliphatic carbocycles. The summed E-state index contributed by atoms with van der Waals surface area (Å²) in [7, 11) is 1.46. The molecule has 58 valence electrons. The third kappa shape index (κ3) is 1.49. The lowest BCUT2D eigenvalue weighted by Gasteiger charge is -2.04. The highest BCUT2D eigenvalue weighted by Gasteiger charge is 2.27. The van der Waals surface area contributed by atoms with E-state index in [-0.39, 0.29) is 11.9 Å². The van der Waals surface area contributed by atoms with Crippen molar-refractivity contribution in [2.75, 3.05) is 7.11 Å². The van der Waals surface area contributed by atoms with Crippen molar-refractivity contribution in [3.63, 3.8) is 0 Å². The zero-order valence-corrected chi connectivity index (χ0v) is 6.59. The van der Waals surface area contributed by atoms with E-state index in [1.807, 2.05) is 0 Å². The number of hydrogen-bond acceptors (Lipinski definition) is 2. The molecule has 0 aliphatic heterocycles. The van der Waals surface area contributed by atoms with E-state index in [1.54, 1.807) is 0 Å². The van der Waals surface area contributed by atoms with Crippen LogP contribution in [0.25, 0.3) is 0 Å². The molecule has 0 amide bonds. The van der Waals surface area contributed by atoms with Crippen LogP contribution in [-0.4, -0.2) is 13.1 Å². The number of hydrogen-bond donors (Lipinski definition) is 0. The maximum atomic E-state index is 10.9. The Labute approximate surface area is 61.6 Å². The van der Waals surface area contributed by atoms with E-state index in [9.17, 15) is 4.79 Å². The second kappa shape index (κ2) is 3.04. The molecule has 2 heteroatoms. The van der Waals surface area contributed by atoms with Gasteiger partial charge in [-0.25, -0.2) is 0 Å². The maximum Gasteiger partial charge on any atom is 0.308 e. The third-order valence-electron chi connectivity index (χ3n) is 2.23. The minimum atomic E-state index is -0.0237. The monoisotopic (exact) mass is 142 g/mol. The van der Waals surface area contributed by atoms with Crippen LogP contribution in [0.1, 0.15) is 26.2 Å². The van der Waals surface area contributed by atoms with Crippen molar-refractivity contribution in [3.8, 4) is 0 Å². The lowest BCUT2D eigenvalue weighted by atomic mass is 10.1. The highest BCUT2D eigenvalue weighted by atomic mass is 16.5. The smallest absolute Gasteiger partial charge is 0.308 e. The Balaban J connectivity index is 2.37. The first kappa shape index (κ1) is 7.58. The van der Waals surface area contributed by atoms with Gasteiger partial charge in [-0.05, 0) is 25.2 Å². The van der Waals surface area contributed by atoms with E-state index in [2.05, 4.69) is 11.7 Å². The summed E-state index contributed by atoms with van der Waals surface area (Å²) in [5.41, 5.74) is 0. The van der Waals surface area contributed by atoms with Crippen LogP contribution in [0.2, 0.25) is 0 Å². The van der Waals surface area contributed by atoms with E-state index in [0.717, 1.165) is 12.8 Å². The van der Waals surface area contributed by atoms with Crippen molar-refractivity contribution in [1.29, 1.82) is 0 Å². The molecule has 2 atom stereocenters. The van der Waals surface area contributed by atoms with Crippen LogP contribution >= 0.6 is 0 Å². The summed E-state index contributed by atoms with van der Waals surface area (Å²) in [5, 5.41) is 0. The summed E-state index contributed by atoms with van der Waals surface area (Å²) in [6, 6.07) is 0. The van der Waals surface area contributed by atoms with E-state index in [4.69, 9.17) is 0 Å². The molecule has 0 radical (unpaired) electrons. The summed E-state index contributed by atoms with van der Waals surface area (Å²) < 4.78 is 4.64. The Kier molecular flexibility index (Phi) is 2.30. The predicted molar refractivity (Wildman–Crippen MR) is 38.5 cm³/mol. The van der Waals surface area contributed by atoms with Gasteiger partial charge in [-0.2, -0.15) is 0 Å². The molecule has 0 bridgehead atoms. The van der Waals surface area contributed by atoms with E-state index in [0.29, 0.717) is 5.92 Å². The van der Waals surface area contributed by atoms with Crippen LogP contribution in [0.15, 0.2) is 0 Å². The summed E-state index contributed by atoms with van der Waals surface area (Å²) in [4.78, 5) is 10.9. The van der Waals surface area contributed by atoms with Gasteiger partial charge in [-0.3, -0.25) is 4.79 Å². The molecule has 1 rings (SSSR count). The molecule has 10 heavy (non-hydrogen) atoms. The van der Waals surface area contributed by atoms with E-state index < -0.39 is 0 Å². The second-order valence-electron chi connectivity index (χ2n) is 3.14. The van der Waals surface area contributed by atoms with Crippen molar-refractivity contribution in [1.82, 2.24) is 0 Å². The van der Waals surface area contributed by atoms with Crippen LogP contribution in [0, 0.1) is 11.8 Å². The van der Waals surface area contributed by atoms with Gasteiger partial charge in [0, 0.05) is 0 Å². The maximum absolute atomic E-state index is 10.9. The summed E-state index contributed by atoms with van der Waals surface area (Å²) in [6.07, 6.45) is 3.22. The van der Waals surface area contributed by atoms with Crippen LogP contribution in [0.5, 0.6) is 0 Å². The standard InChI is InChI=1S/C8H14O2/c1-6-3-4-7(5-6)8(9)10-2/h6-7H,3-5H2,1-2H3/t6-,7+/m1/s1. The van der Waals surface area contributed by atoms with Gasteiger partial charge in [-0.1, -0.05) is 6.92 Å². The van der Waals surface area contributed by atoms with Gasteiger partial charge in [0.05, 0.1) is 13.0 Å². The molecule has 0 heterocycles. The minimum absolute atomic E-state index is 0.0237. The number of carbonyl (C=O) groups excluding carboxylic acids is 1. The predicted octanol–water partition coefficient (Wildman–Crippen LogP) is 1.60. The lowest BCUT2D eigenvalue weighted by Crippen LogP contribution is -2.12. The third-order valence-corrected chi connectivity index (χ3v) is 2.23. The van der Waals surface area contributed by atoms with Gasteiger partial charge in [0.2, 0.25) is 0 Å². The number of esters is 1. The largest absolute Gasteiger partial charge is 0.469 e. The van der Waals surface area contributed by atoms with Crippen molar-refractivity contribution in [2.45, 2.75) is 26.2 Å². The topological polar surface area (TPSA) is 26.3 Å². The fourth-order valence-corrected chi connectivity index (χ4v) is 1.59. The zero-order valence-electron chi connectivity index (χ0n) is 6.59. The van der Waals surface area contributed by atoms with E-state index in [1.165, 1.54) is 13.5 Å². The molecular weight excluding hydrogens is 128 g/mol. The first-order valence-corrected chi connectivity index (χ1v) is 3.82. The van der Waals surface area contributed by atoms with Gasteiger partial charge < -0.3 is 4.74 Å². The Hall–Kier alpha value is -0.530. The molecule has 1 saturated carbocycles. The molecule has 0 unspecified atom stereocenters. The van der Waals surface area contributed by atoms with E-state index >= 15 is 0 Å². The number of rotatable bonds is 1. The molecule has 0 aromatic carbocycles. The quantitative estimate of drug-likeness (QED) is 0.520. The van der Waals surface area contributed by atoms with Gasteiger partial charge in [0.1, 0.15) is 0 Å². The van der Waals surface area contributed by atoms with Gasteiger partial charge in [0.25, 0.3) is 0 Å². The fourth-order valence-electron chi connectivity index (χ4n) is 1.59. The number of methoxy groups -OCH3 is 1. The summed E-state index contributed by atoms with van der Waals surface area (Å²) in [6.45, 7) is 2.18. The van der Waals surface area contributed by atoms with Gasteiger partial charge >= 0.3 is 5.97 Å². The first-order valence-electron chi connectivity index (χ1n) is 3.82. The second-order valence-corrected chi connectivity index (χ2v) is 3.14. The molecule has 1 fully saturated rings. The minimum Gasteiger partial charge on any atom is -0.469 e. The lowest BCUT2D eigenvalue weighted by molar-refractivity contribution is -0.145. The van der Waals surface area contributed by atoms with Crippen molar-refractivity contribution in [2.24, 2.45) is 11.8 Å². The Bertz CT molecular complexity index is 131. The van der Waals surface area contributed by atoms with Gasteiger partial charge in [0.15, 0.2) is 0 Å². The molecule has 0 saturated heterocycles. The summed E-state index contributed by atoms with van der Waals surface area (Å²) >= 11 is 0. The van der Waals surface area contributed by atoms with Gasteiger partial charge in [-0.15, -0.1) is 0 Å². The summed E-state index contributed by atoms with van der Waals surface area (Å²) in [5.74, 6) is 0.883. The average Bonchev–Trinajstić information content (AvgIpc) is 2.34.